The van der Waals surface area contributed by atoms with Crippen LogP contribution in [0.15, 0.2) is 9.53 Å². The van der Waals surface area contributed by atoms with Crippen molar-refractivity contribution in [3.63, 3.8) is 0 Å². The van der Waals surface area contributed by atoms with Gasteiger partial charge in [-0.1, -0.05) is 6.92 Å². The van der Waals surface area contributed by atoms with E-state index in [4.69, 9.17) is 4.74 Å². The molecule has 3 saturated heterocycles. The van der Waals surface area contributed by atoms with Crippen molar-refractivity contribution in [2.45, 2.75) is 58.2 Å². The number of nitrogens with one attached hydrogen (secondary N) is 1. The number of aryl methyl sites for hydroxylation is 1. The molecule has 0 spiro atoms. The number of carbonyl (C=O) groups excluding carboxylic acids is 1. The van der Waals surface area contributed by atoms with E-state index in [0.29, 0.717) is 35.7 Å². The molecular formula is C17H23BrN6O3. The molecule has 0 aromatic carbocycles. The minimum absolute atomic E-state index is 0.0527. The molecule has 2 aromatic heterocycles. The Bertz CT molecular complexity index is 950. The molecule has 0 saturated carbocycles. The molecule has 2 aromatic rings. The zero-order chi connectivity index (χ0) is 19.5. The van der Waals surface area contributed by atoms with Gasteiger partial charge in [0.15, 0.2) is 4.73 Å². The number of H-pyrrole nitrogens is 1. The lowest BCUT2D eigenvalue weighted by Gasteiger charge is -2.56. The van der Waals surface area contributed by atoms with Gasteiger partial charge in [-0.15, -0.1) is 0 Å². The number of anilines is 1. The molecule has 2 atom stereocenters. The molecule has 3 aliphatic heterocycles. The Morgan fingerprint density at radius 1 is 1.30 bits per heavy atom. The lowest BCUT2D eigenvalue weighted by atomic mass is 9.87. The zero-order valence-corrected chi connectivity index (χ0v) is 17.4. The van der Waals surface area contributed by atoms with Crippen molar-refractivity contribution in [2.24, 2.45) is 0 Å². The first-order valence-corrected chi connectivity index (χ1v) is 9.90. The van der Waals surface area contributed by atoms with Crippen LogP contribution in [0, 0.1) is 0 Å². The first-order valence-electron chi connectivity index (χ1n) is 9.11. The average Bonchev–Trinajstić information content (AvgIpc) is 2.93. The zero-order valence-electron chi connectivity index (χ0n) is 15.8. The molecule has 9 nitrogen and oxygen atoms in total. The minimum Gasteiger partial charge on any atom is -0.444 e. The lowest BCUT2D eigenvalue weighted by molar-refractivity contribution is -0.0380. The Labute approximate surface area is 164 Å². The SMILES string of the molecule is CCc1nc2nc(Br)[nH]n2c(=O)c1N1CC2CC(C1)N2C(=O)OC(C)(C)C. The fourth-order valence-electron chi connectivity index (χ4n) is 3.89. The van der Waals surface area contributed by atoms with E-state index >= 15 is 0 Å². The number of piperazine rings is 1. The van der Waals surface area contributed by atoms with Crippen LogP contribution in [0.1, 0.15) is 39.8 Å². The number of nitrogens with zero attached hydrogens (tertiary/aromatic N) is 5. The summed E-state index contributed by atoms with van der Waals surface area (Å²) in [6, 6.07) is 0.105. The van der Waals surface area contributed by atoms with Crippen molar-refractivity contribution in [1.82, 2.24) is 24.5 Å². The van der Waals surface area contributed by atoms with Crippen LogP contribution in [0.3, 0.4) is 0 Å². The Morgan fingerprint density at radius 3 is 2.56 bits per heavy atom. The largest absolute Gasteiger partial charge is 0.444 e. The van der Waals surface area contributed by atoms with Gasteiger partial charge in [-0.2, -0.15) is 9.50 Å². The summed E-state index contributed by atoms with van der Waals surface area (Å²) in [5.41, 5.74) is 0.631. The summed E-state index contributed by atoms with van der Waals surface area (Å²) in [5.74, 6) is 0.352. The molecule has 3 aliphatic rings. The van der Waals surface area contributed by atoms with E-state index < -0.39 is 5.60 Å². The molecule has 5 rings (SSSR count). The number of aromatic amines is 1. The monoisotopic (exact) mass is 438 g/mol. The summed E-state index contributed by atoms with van der Waals surface area (Å²) < 4.78 is 7.33. The highest BCUT2D eigenvalue weighted by Crippen LogP contribution is 2.35. The molecule has 1 N–H and O–H groups in total. The first-order chi connectivity index (χ1) is 12.7. The third-order valence-corrected chi connectivity index (χ3v) is 5.32. The second-order valence-electron chi connectivity index (χ2n) is 8.05. The number of ether oxygens (including phenoxy) is 1. The summed E-state index contributed by atoms with van der Waals surface area (Å²) >= 11 is 3.25. The number of hydrogen-bond acceptors (Lipinski definition) is 6. The van der Waals surface area contributed by atoms with Crippen LogP contribution >= 0.6 is 15.9 Å². The van der Waals surface area contributed by atoms with Crippen LogP contribution < -0.4 is 10.5 Å². The molecule has 3 fully saturated rings. The van der Waals surface area contributed by atoms with Gasteiger partial charge < -0.3 is 9.64 Å². The molecule has 0 radical (unpaired) electrons. The molecule has 0 aliphatic carbocycles. The van der Waals surface area contributed by atoms with Crippen molar-refractivity contribution in [3.8, 4) is 0 Å². The van der Waals surface area contributed by atoms with Crippen molar-refractivity contribution in [3.05, 3.63) is 20.8 Å². The summed E-state index contributed by atoms with van der Waals surface area (Å²) in [6.07, 6.45) is 1.29. The molecule has 2 unspecified atom stereocenters. The highest BCUT2D eigenvalue weighted by molar-refractivity contribution is 9.10. The molecule has 5 heterocycles. The maximum Gasteiger partial charge on any atom is 0.410 e. The summed E-state index contributed by atoms with van der Waals surface area (Å²) in [6.45, 7) is 8.77. The second-order valence-corrected chi connectivity index (χ2v) is 8.80. The third-order valence-electron chi connectivity index (χ3n) is 4.96. The normalized spacial score (nSPS) is 22.1. The minimum atomic E-state index is -0.516. The van der Waals surface area contributed by atoms with Gasteiger partial charge in [-0.25, -0.2) is 9.78 Å². The van der Waals surface area contributed by atoms with Crippen LogP contribution in [0.5, 0.6) is 0 Å². The number of fused-ring (bicyclic) bond motifs is 3. The smallest absolute Gasteiger partial charge is 0.410 e. The Balaban J connectivity index is 1.61. The van der Waals surface area contributed by atoms with E-state index in [1.165, 1.54) is 4.52 Å². The Hall–Kier alpha value is -2.10. The first kappa shape index (κ1) is 18.3. The van der Waals surface area contributed by atoms with Gasteiger partial charge in [0, 0.05) is 13.1 Å². The van der Waals surface area contributed by atoms with E-state index in [0.717, 1.165) is 12.1 Å². The van der Waals surface area contributed by atoms with Crippen molar-refractivity contribution < 1.29 is 9.53 Å². The van der Waals surface area contributed by atoms with E-state index in [1.807, 2.05) is 32.6 Å². The van der Waals surface area contributed by atoms with Gasteiger partial charge in [0.25, 0.3) is 11.3 Å². The Kier molecular flexibility index (Phi) is 4.21. The van der Waals surface area contributed by atoms with Gasteiger partial charge >= 0.3 is 6.09 Å². The Morgan fingerprint density at radius 2 is 1.96 bits per heavy atom. The fraction of sp³-hybridized carbons (Fsp3) is 0.647. The summed E-state index contributed by atoms with van der Waals surface area (Å²) in [5, 5.41) is 2.87. The standard InChI is InChI=1S/C17H23BrN6O3/c1-5-11-12(13(25)24-15(19-11)20-14(18)21-24)22-7-9-6-10(8-22)23(9)16(26)27-17(2,3)4/h9-10H,5-8H2,1-4H3,(H,19,20,21). The van der Waals surface area contributed by atoms with E-state index in [-0.39, 0.29) is 23.7 Å². The third kappa shape index (κ3) is 3.09. The second kappa shape index (κ2) is 6.22. The van der Waals surface area contributed by atoms with Gasteiger partial charge in [0.2, 0.25) is 0 Å². The van der Waals surface area contributed by atoms with Crippen LogP contribution in [-0.2, 0) is 11.2 Å². The number of hydrogen-bond donors (Lipinski definition) is 1. The molecule has 2 bridgehead atoms. The van der Waals surface area contributed by atoms with Crippen LogP contribution in [0.4, 0.5) is 10.5 Å². The maximum atomic E-state index is 13.0. The predicted molar refractivity (Wildman–Crippen MR) is 103 cm³/mol. The van der Waals surface area contributed by atoms with Gasteiger partial charge in [-0.05, 0) is 49.5 Å². The van der Waals surface area contributed by atoms with Crippen molar-refractivity contribution >= 4 is 33.5 Å². The van der Waals surface area contributed by atoms with Crippen molar-refractivity contribution in [2.75, 3.05) is 18.0 Å². The predicted octanol–water partition coefficient (Wildman–Crippen LogP) is 1.94. The van der Waals surface area contributed by atoms with Gasteiger partial charge in [0.1, 0.15) is 11.3 Å². The molecular weight excluding hydrogens is 416 g/mol. The highest BCUT2D eigenvalue weighted by Gasteiger charge is 2.49. The summed E-state index contributed by atoms with van der Waals surface area (Å²) in [7, 11) is 0. The van der Waals surface area contributed by atoms with E-state index in [1.54, 1.807) is 0 Å². The molecule has 1 amide bonds. The van der Waals surface area contributed by atoms with Crippen LogP contribution in [0.2, 0.25) is 0 Å². The number of carbonyl (C=O) groups is 1. The van der Waals surface area contributed by atoms with E-state index in [9.17, 15) is 9.59 Å². The number of aromatic nitrogens is 4. The maximum absolute atomic E-state index is 13.0. The van der Waals surface area contributed by atoms with Gasteiger partial charge in [-0.3, -0.25) is 14.8 Å². The number of rotatable bonds is 2. The topological polar surface area (TPSA) is 95.8 Å². The summed E-state index contributed by atoms with van der Waals surface area (Å²) in [4.78, 5) is 38.1. The number of halogens is 1. The van der Waals surface area contributed by atoms with Crippen LogP contribution in [0.25, 0.3) is 5.78 Å². The molecule has 27 heavy (non-hydrogen) atoms. The lowest BCUT2D eigenvalue weighted by Crippen LogP contribution is -2.71. The van der Waals surface area contributed by atoms with Crippen LogP contribution in [-0.4, -0.2) is 61.3 Å². The number of amides is 1. The fourth-order valence-corrected chi connectivity index (χ4v) is 4.23. The van der Waals surface area contributed by atoms with Crippen molar-refractivity contribution in [1.29, 1.82) is 0 Å². The molecule has 146 valence electrons. The van der Waals surface area contributed by atoms with E-state index in [2.05, 4.69) is 35.9 Å². The highest BCUT2D eigenvalue weighted by atomic mass is 79.9. The van der Waals surface area contributed by atoms with Gasteiger partial charge in [0.05, 0.1) is 17.8 Å². The number of piperidine rings is 1. The average molecular weight is 439 g/mol. The quantitative estimate of drug-likeness (QED) is 0.769. The molecule has 10 heteroatoms.